The van der Waals surface area contributed by atoms with Gasteiger partial charge in [-0.05, 0) is 66.2 Å². The van der Waals surface area contributed by atoms with Crippen molar-refractivity contribution in [2.75, 3.05) is 23.1 Å². The third-order valence-corrected chi connectivity index (χ3v) is 7.58. The number of anilines is 1. The van der Waals surface area contributed by atoms with Crippen molar-refractivity contribution in [3.8, 4) is 0 Å². The number of nitrogens with zero attached hydrogens (tertiary/aromatic N) is 1. The molecule has 1 N–H and O–H groups in total. The third-order valence-electron chi connectivity index (χ3n) is 4.53. The zero-order valence-corrected chi connectivity index (χ0v) is 19.8. The smallest absolute Gasteiger partial charge is 0.264 e. The second kappa shape index (κ2) is 11.5. The van der Waals surface area contributed by atoms with Gasteiger partial charge in [0.1, 0.15) is 18.2 Å². The molecule has 174 valence electrons. The lowest BCUT2D eigenvalue weighted by molar-refractivity contribution is -0.119. The molecule has 0 aliphatic rings. The van der Waals surface area contributed by atoms with Crippen LogP contribution in [0, 0.1) is 11.6 Å². The van der Waals surface area contributed by atoms with E-state index in [9.17, 15) is 22.0 Å². The Balaban J connectivity index is 1.64. The van der Waals surface area contributed by atoms with Crippen molar-refractivity contribution in [1.29, 1.82) is 0 Å². The maximum Gasteiger partial charge on any atom is 0.264 e. The first kappa shape index (κ1) is 25.0. The van der Waals surface area contributed by atoms with Crippen molar-refractivity contribution in [2.24, 2.45) is 0 Å². The highest BCUT2D eigenvalue weighted by molar-refractivity contribution is 7.98. The molecule has 0 saturated carbocycles. The van der Waals surface area contributed by atoms with Gasteiger partial charge < -0.3 is 5.32 Å². The van der Waals surface area contributed by atoms with E-state index in [1.807, 2.05) is 18.2 Å². The molecule has 0 aliphatic carbocycles. The van der Waals surface area contributed by atoms with Crippen LogP contribution in [0.4, 0.5) is 14.5 Å². The minimum Gasteiger partial charge on any atom is -0.354 e. The molecule has 3 aromatic rings. The van der Waals surface area contributed by atoms with Crippen molar-refractivity contribution in [2.45, 2.75) is 10.6 Å². The van der Waals surface area contributed by atoms with Crippen LogP contribution >= 0.6 is 23.4 Å². The van der Waals surface area contributed by atoms with Crippen LogP contribution in [0.25, 0.3) is 0 Å². The Morgan fingerprint density at radius 1 is 0.970 bits per heavy atom. The van der Waals surface area contributed by atoms with Gasteiger partial charge in [0, 0.05) is 23.1 Å². The van der Waals surface area contributed by atoms with E-state index in [2.05, 4.69) is 5.32 Å². The van der Waals surface area contributed by atoms with Gasteiger partial charge in [-0.25, -0.2) is 17.2 Å². The van der Waals surface area contributed by atoms with Crippen molar-refractivity contribution >= 4 is 45.0 Å². The molecule has 0 atom stereocenters. The summed E-state index contributed by atoms with van der Waals surface area (Å²) in [5.74, 6) is -0.320. The van der Waals surface area contributed by atoms with Gasteiger partial charge in [-0.1, -0.05) is 23.7 Å². The number of nitrogens with one attached hydrogen (secondary N) is 1. The average molecular weight is 511 g/mol. The summed E-state index contributed by atoms with van der Waals surface area (Å²) in [6.07, 6.45) is 0. The van der Waals surface area contributed by atoms with Crippen LogP contribution in [-0.2, 0) is 20.6 Å². The monoisotopic (exact) mass is 510 g/mol. The molecule has 3 rings (SSSR count). The van der Waals surface area contributed by atoms with E-state index in [1.165, 1.54) is 12.1 Å². The predicted octanol–water partition coefficient (Wildman–Crippen LogP) is 4.86. The Morgan fingerprint density at radius 2 is 1.61 bits per heavy atom. The molecule has 0 saturated heterocycles. The Kier molecular flexibility index (Phi) is 8.71. The summed E-state index contributed by atoms with van der Waals surface area (Å²) in [5.41, 5.74) is 1.18. The lowest BCUT2D eigenvalue weighted by Gasteiger charge is -2.24. The fourth-order valence-electron chi connectivity index (χ4n) is 2.92. The van der Waals surface area contributed by atoms with Gasteiger partial charge >= 0.3 is 0 Å². The molecule has 0 heterocycles. The molecule has 0 aliphatic heterocycles. The maximum atomic E-state index is 13.4. The molecule has 0 unspecified atom stereocenters. The summed E-state index contributed by atoms with van der Waals surface area (Å²) >= 11 is 7.56. The van der Waals surface area contributed by atoms with Crippen LogP contribution in [0.3, 0.4) is 0 Å². The van der Waals surface area contributed by atoms with Gasteiger partial charge in [-0.2, -0.15) is 11.8 Å². The normalized spacial score (nSPS) is 11.2. The van der Waals surface area contributed by atoms with E-state index in [0.717, 1.165) is 52.0 Å². The number of sulfonamides is 1. The highest BCUT2D eigenvalue weighted by atomic mass is 35.5. The van der Waals surface area contributed by atoms with Crippen LogP contribution in [0.5, 0.6) is 0 Å². The van der Waals surface area contributed by atoms with E-state index >= 15 is 0 Å². The largest absolute Gasteiger partial charge is 0.354 e. The SMILES string of the molecule is O=C(CN(c1ccc(F)cc1)S(=O)(=O)c1ccc(F)cc1)NCCSCc1cccc(Cl)c1. The highest BCUT2D eigenvalue weighted by Gasteiger charge is 2.27. The number of rotatable bonds is 10. The van der Waals surface area contributed by atoms with Gasteiger partial charge in [-0.3, -0.25) is 9.10 Å². The van der Waals surface area contributed by atoms with Gasteiger partial charge in [0.2, 0.25) is 5.91 Å². The molecule has 0 radical (unpaired) electrons. The predicted molar refractivity (Wildman–Crippen MR) is 128 cm³/mol. The zero-order valence-electron chi connectivity index (χ0n) is 17.4. The lowest BCUT2D eigenvalue weighted by Crippen LogP contribution is -2.41. The third kappa shape index (κ3) is 7.18. The molecule has 0 bridgehead atoms. The van der Waals surface area contributed by atoms with E-state index in [1.54, 1.807) is 17.8 Å². The van der Waals surface area contributed by atoms with Gasteiger partial charge in [-0.15, -0.1) is 0 Å². The summed E-state index contributed by atoms with van der Waals surface area (Å²) in [7, 11) is -4.19. The Morgan fingerprint density at radius 3 is 2.24 bits per heavy atom. The summed E-state index contributed by atoms with van der Waals surface area (Å²) in [6.45, 7) is -0.178. The second-order valence-corrected chi connectivity index (χ2v) is 10.4. The number of halogens is 3. The summed E-state index contributed by atoms with van der Waals surface area (Å²) in [6, 6.07) is 16.5. The Bertz CT molecular complexity index is 1190. The number of benzene rings is 3. The highest BCUT2D eigenvalue weighted by Crippen LogP contribution is 2.24. The molecule has 3 aromatic carbocycles. The average Bonchev–Trinajstić information content (AvgIpc) is 2.78. The standard InChI is InChI=1S/C23H21ClF2N2O3S2/c24-18-3-1-2-17(14-18)16-32-13-12-27-23(29)15-28(21-8-4-19(25)5-9-21)33(30,31)22-10-6-20(26)7-11-22/h1-11,14H,12-13,15-16H2,(H,27,29). The van der Waals surface area contributed by atoms with E-state index in [-0.39, 0.29) is 10.6 Å². The number of thioether (sulfide) groups is 1. The molecule has 5 nitrogen and oxygen atoms in total. The second-order valence-electron chi connectivity index (χ2n) is 6.97. The van der Waals surface area contributed by atoms with Crippen LogP contribution in [-0.4, -0.2) is 33.2 Å². The number of carbonyl (C=O) groups excluding carboxylic acids is 1. The van der Waals surface area contributed by atoms with Gasteiger partial charge in [0.15, 0.2) is 0 Å². The molecular formula is C23H21ClF2N2O3S2. The Labute approximate surface area is 200 Å². The summed E-state index contributed by atoms with van der Waals surface area (Å²) < 4.78 is 53.8. The van der Waals surface area contributed by atoms with E-state index in [4.69, 9.17) is 11.6 Å². The maximum absolute atomic E-state index is 13.4. The number of hydrogen-bond acceptors (Lipinski definition) is 4. The number of hydrogen-bond donors (Lipinski definition) is 1. The lowest BCUT2D eigenvalue weighted by atomic mass is 10.2. The summed E-state index contributed by atoms with van der Waals surface area (Å²) in [4.78, 5) is 12.3. The number of amides is 1. The first-order chi connectivity index (χ1) is 15.8. The number of carbonyl (C=O) groups is 1. The summed E-state index contributed by atoms with van der Waals surface area (Å²) in [5, 5.41) is 3.36. The fraction of sp³-hybridized carbons (Fsp3) is 0.174. The molecule has 0 aromatic heterocycles. The van der Waals surface area contributed by atoms with Crippen molar-refractivity contribution in [3.63, 3.8) is 0 Å². The molecule has 0 spiro atoms. The Hall–Kier alpha value is -2.62. The van der Waals surface area contributed by atoms with Crippen molar-refractivity contribution in [3.05, 3.63) is 95.0 Å². The molecular weight excluding hydrogens is 490 g/mol. The molecule has 33 heavy (non-hydrogen) atoms. The zero-order chi connectivity index (χ0) is 23.8. The van der Waals surface area contributed by atoms with Crippen molar-refractivity contribution < 1.29 is 22.0 Å². The van der Waals surface area contributed by atoms with E-state index in [0.29, 0.717) is 17.3 Å². The minimum atomic E-state index is -4.19. The van der Waals surface area contributed by atoms with Crippen LogP contribution in [0.15, 0.2) is 77.7 Å². The van der Waals surface area contributed by atoms with Gasteiger partial charge in [0.05, 0.1) is 10.6 Å². The first-order valence-corrected chi connectivity index (χ1v) is 12.9. The first-order valence-electron chi connectivity index (χ1n) is 9.88. The van der Waals surface area contributed by atoms with Crippen molar-refractivity contribution in [1.82, 2.24) is 5.32 Å². The van der Waals surface area contributed by atoms with Crippen LogP contribution in [0.1, 0.15) is 5.56 Å². The van der Waals surface area contributed by atoms with Gasteiger partial charge in [0.25, 0.3) is 10.0 Å². The quantitative estimate of drug-likeness (QED) is 0.395. The topological polar surface area (TPSA) is 66.5 Å². The van der Waals surface area contributed by atoms with Crippen LogP contribution < -0.4 is 9.62 Å². The molecule has 10 heteroatoms. The fourth-order valence-corrected chi connectivity index (χ4v) is 5.36. The molecule has 0 fully saturated rings. The minimum absolute atomic E-state index is 0.117. The molecule has 1 amide bonds. The van der Waals surface area contributed by atoms with E-state index < -0.39 is 34.1 Å². The van der Waals surface area contributed by atoms with Crippen LogP contribution in [0.2, 0.25) is 5.02 Å².